The average Bonchev–Trinajstić information content (AvgIpc) is 2.59. The Kier molecular flexibility index (Phi) is 3.21. The smallest absolute Gasteiger partial charge is 0.327 e. The highest BCUT2D eigenvalue weighted by Crippen LogP contribution is 2.32. The normalized spacial score (nSPS) is 17.1. The SMILES string of the molecule is CSCc1ccc(N2C=CNS2(=O)=O)c(O)c1. The van der Waals surface area contributed by atoms with E-state index in [1.54, 1.807) is 30.0 Å². The van der Waals surface area contributed by atoms with Crippen LogP contribution >= 0.6 is 11.8 Å². The van der Waals surface area contributed by atoms with Gasteiger partial charge >= 0.3 is 10.2 Å². The summed E-state index contributed by atoms with van der Waals surface area (Å²) in [4.78, 5) is 0. The maximum absolute atomic E-state index is 11.6. The first-order valence-electron chi connectivity index (χ1n) is 4.84. The van der Waals surface area contributed by atoms with Crippen LogP contribution in [0, 0.1) is 0 Å². The molecular formula is C10H12N2O3S2. The molecule has 1 heterocycles. The third-order valence-electron chi connectivity index (χ3n) is 2.27. The van der Waals surface area contributed by atoms with Crippen molar-refractivity contribution in [1.29, 1.82) is 0 Å². The van der Waals surface area contributed by atoms with Crippen LogP contribution < -0.4 is 9.03 Å². The van der Waals surface area contributed by atoms with Crippen molar-refractivity contribution >= 4 is 27.7 Å². The topological polar surface area (TPSA) is 69.6 Å². The lowest BCUT2D eigenvalue weighted by Crippen LogP contribution is -2.28. The van der Waals surface area contributed by atoms with E-state index in [1.807, 2.05) is 6.26 Å². The molecule has 0 fully saturated rings. The number of anilines is 1. The van der Waals surface area contributed by atoms with E-state index in [1.165, 1.54) is 12.4 Å². The molecule has 1 aliphatic rings. The Morgan fingerprint density at radius 1 is 1.47 bits per heavy atom. The number of nitrogens with zero attached hydrogens (tertiary/aromatic N) is 1. The van der Waals surface area contributed by atoms with Crippen molar-refractivity contribution < 1.29 is 13.5 Å². The second-order valence-corrected chi connectivity index (χ2v) is 5.94. The van der Waals surface area contributed by atoms with Crippen LogP contribution in [0.4, 0.5) is 5.69 Å². The molecule has 0 radical (unpaired) electrons. The van der Waals surface area contributed by atoms with Gasteiger partial charge in [-0.25, -0.2) is 4.31 Å². The lowest BCUT2D eigenvalue weighted by molar-refractivity contribution is 0.476. The Morgan fingerprint density at radius 3 is 2.76 bits per heavy atom. The fourth-order valence-electron chi connectivity index (χ4n) is 1.54. The zero-order valence-electron chi connectivity index (χ0n) is 9.12. The zero-order valence-corrected chi connectivity index (χ0v) is 10.8. The predicted octanol–water partition coefficient (Wildman–Crippen LogP) is 1.38. The lowest BCUT2D eigenvalue weighted by atomic mass is 10.2. The first-order valence-corrected chi connectivity index (χ1v) is 7.67. The fraction of sp³-hybridized carbons (Fsp3) is 0.200. The Balaban J connectivity index is 2.37. The summed E-state index contributed by atoms with van der Waals surface area (Å²) in [7, 11) is -3.58. The molecule has 1 aromatic rings. The third kappa shape index (κ3) is 2.34. The molecule has 0 spiro atoms. The summed E-state index contributed by atoms with van der Waals surface area (Å²) in [6, 6.07) is 4.97. The highest BCUT2D eigenvalue weighted by atomic mass is 32.2. The zero-order chi connectivity index (χ0) is 12.5. The van der Waals surface area contributed by atoms with Gasteiger partial charge in [0, 0.05) is 18.2 Å². The predicted molar refractivity (Wildman–Crippen MR) is 69.0 cm³/mol. The van der Waals surface area contributed by atoms with Crippen LogP contribution in [0.1, 0.15) is 5.56 Å². The molecule has 1 aliphatic heterocycles. The summed E-state index contributed by atoms with van der Waals surface area (Å²) < 4.78 is 26.3. The number of rotatable bonds is 3. The van der Waals surface area contributed by atoms with Gasteiger partial charge in [0.2, 0.25) is 0 Å². The minimum atomic E-state index is -3.58. The van der Waals surface area contributed by atoms with Gasteiger partial charge in [0.15, 0.2) is 0 Å². The summed E-state index contributed by atoms with van der Waals surface area (Å²) in [5.41, 5.74) is 1.20. The molecule has 92 valence electrons. The summed E-state index contributed by atoms with van der Waals surface area (Å²) in [6.45, 7) is 0. The van der Waals surface area contributed by atoms with Crippen LogP contribution in [0.5, 0.6) is 5.75 Å². The van der Waals surface area contributed by atoms with Crippen molar-refractivity contribution in [2.75, 3.05) is 10.6 Å². The van der Waals surface area contributed by atoms with Gasteiger partial charge in [0.25, 0.3) is 0 Å². The number of aromatic hydroxyl groups is 1. The van der Waals surface area contributed by atoms with Crippen LogP contribution in [0.2, 0.25) is 0 Å². The summed E-state index contributed by atoms with van der Waals surface area (Å²) in [5, 5.41) is 9.83. The van der Waals surface area contributed by atoms with E-state index in [0.717, 1.165) is 15.6 Å². The standard InChI is InChI=1S/C10H12N2O3S2/c1-16-7-8-2-3-9(10(13)6-8)12-5-4-11-17(12,14)15/h2-6,11,13H,7H2,1H3. The van der Waals surface area contributed by atoms with Crippen LogP contribution in [0.3, 0.4) is 0 Å². The molecule has 0 saturated heterocycles. The summed E-state index contributed by atoms with van der Waals surface area (Å²) >= 11 is 1.63. The minimum absolute atomic E-state index is 0.0477. The van der Waals surface area contributed by atoms with E-state index >= 15 is 0 Å². The van der Waals surface area contributed by atoms with E-state index in [-0.39, 0.29) is 11.4 Å². The number of thioether (sulfide) groups is 1. The van der Waals surface area contributed by atoms with E-state index in [0.29, 0.717) is 0 Å². The fourth-order valence-corrected chi connectivity index (χ4v) is 3.04. The molecule has 0 saturated carbocycles. The quantitative estimate of drug-likeness (QED) is 0.872. The lowest BCUT2D eigenvalue weighted by Gasteiger charge is -2.16. The van der Waals surface area contributed by atoms with Gasteiger partial charge < -0.3 is 5.11 Å². The van der Waals surface area contributed by atoms with Gasteiger partial charge in [-0.15, -0.1) is 0 Å². The van der Waals surface area contributed by atoms with Crippen LogP contribution in [0.25, 0.3) is 0 Å². The van der Waals surface area contributed by atoms with Crippen molar-refractivity contribution in [1.82, 2.24) is 4.72 Å². The number of benzene rings is 1. The van der Waals surface area contributed by atoms with E-state index < -0.39 is 10.2 Å². The van der Waals surface area contributed by atoms with E-state index in [2.05, 4.69) is 4.72 Å². The van der Waals surface area contributed by atoms with Crippen molar-refractivity contribution in [3.8, 4) is 5.75 Å². The first kappa shape index (κ1) is 12.1. The molecule has 17 heavy (non-hydrogen) atoms. The molecule has 2 rings (SSSR count). The maximum Gasteiger partial charge on any atom is 0.327 e. The number of phenols is 1. The number of nitrogens with one attached hydrogen (secondary N) is 1. The van der Waals surface area contributed by atoms with Crippen molar-refractivity contribution in [3.63, 3.8) is 0 Å². The summed E-state index contributed by atoms with van der Waals surface area (Å²) in [5.74, 6) is 0.725. The maximum atomic E-state index is 11.6. The molecule has 2 N–H and O–H groups in total. The molecule has 0 atom stereocenters. The van der Waals surface area contributed by atoms with E-state index in [9.17, 15) is 13.5 Å². The number of hydrogen-bond acceptors (Lipinski definition) is 4. The van der Waals surface area contributed by atoms with Gasteiger partial charge in [-0.05, 0) is 24.0 Å². The number of hydrogen-bond donors (Lipinski definition) is 2. The van der Waals surface area contributed by atoms with Gasteiger partial charge in [-0.1, -0.05) is 6.07 Å². The van der Waals surface area contributed by atoms with Crippen LogP contribution in [0.15, 0.2) is 30.6 Å². The molecule has 0 bridgehead atoms. The van der Waals surface area contributed by atoms with Gasteiger partial charge in [0.1, 0.15) is 5.75 Å². The van der Waals surface area contributed by atoms with Crippen molar-refractivity contribution in [2.45, 2.75) is 5.75 Å². The third-order valence-corrected chi connectivity index (χ3v) is 4.17. The van der Waals surface area contributed by atoms with Crippen LogP contribution in [-0.2, 0) is 16.0 Å². The second-order valence-electron chi connectivity index (χ2n) is 3.49. The Bertz CT molecular complexity index is 555. The molecule has 7 heteroatoms. The highest BCUT2D eigenvalue weighted by molar-refractivity contribution is 7.97. The monoisotopic (exact) mass is 272 g/mol. The largest absolute Gasteiger partial charge is 0.506 e. The molecule has 0 unspecified atom stereocenters. The average molecular weight is 272 g/mol. The van der Waals surface area contributed by atoms with Crippen molar-refractivity contribution in [2.24, 2.45) is 0 Å². The molecule has 1 aromatic carbocycles. The minimum Gasteiger partial charge on any atom is -0.506 e. The van der Waals surface area contributed by atoms with Crippen LogP contribution in [-0.4, -0.2) is 19.8 Å². The molecular weight excluding hydrogens is 260 g/mol. The number of phenolic OH excluding ortho intramolecular Hbond substituents is 1. The van der Waals surface area contributed by atoms with Crippen molar-refractivity contribution in [3.05, 3.63) is 36.2 Å². The second kappa shape index (κ2) is 4.50. The van der Waals surface area contributed by atoms with Gasteiger partial charge in [-0.3, -0.25) is 4.72 Å². The Labute approximate surface area is 104 Å². The first-order chi connectivity index (χ1) is 8.04. The van der Waals surface area contributed by atoms with E-state index in [4.69, 9.17) is 0 Å². The van der Waals surface area contributed by atoms with Gasteiger partial charge in [-0.2, -0.15) is 20.2 Å². The Hall–Kier alpha value is -1.34. The molecule has 5 nitrogen and oxygen atoms in total. The highest BCUT2D eigenvalue weighted by Gasteiger charge is 2.25. The molecule has 0 aliphatic carbocycles. The molecule has 0 aromatic heterocycles. The van der Waals surface area contributed by atoms with Gasteiger partial charge in [0.05, 0.1) is 5.69 Å². The Morgan fingerprint density at radius 2 is 2.24 bits per heavy atom. The molecule has 0 amide bonds. The summed E-state index contributed by atoms with van der Waals surface area (Å²) in [6.07, 6.45) is 4.63.